The second-order valence-corrected chi connectivity index (χ2v) is 9.43. The van der Waals surface area contributed by atoms with Gasteiger partial charge in [0, 0.05) is 32.2 Å². The second kappa shape index (κ2) is 7.10. The minimum atomic E-state index is -3.59. The molecule has 2 aliphatic rings. The molecular weight excluding hydrogens is 327 g/mol. The topological polar surface area (TPSA) is 40.6 Å². The van der Waals surface area contributed by atoms with Crippen LogP contribution in [0.15, 0.2) is 29.2 Å². The first-order chi connectivity index (χ1) is 11.4. The SMILES string of the molecule is CC1CC(C)CN(C2CCN(S(=O)(=O)c3cccc(F)c3)CC2)C1. The van der Waals surface area contributed by atoms with Crippen LogP contribution in [0.2, 0.25) is 0 Å². The van der Waals surface area contributed by atoms with Gasteiger partial charge in [-0.15, -0.1) is 0 Å². The molecule has 0 aliphatic carbocycles. The Morgan fingerprint density at radius 1 is 1.08 bits per heavy atom. The third-order valence-corrected chi connectivity index (χ3v) is 7.17. The van der Waals surface area contributed by atoms with Gasteiger partial charge in [-0.1, -0.05) is 19.9 Å². The molecule has 0 N–H and O–H groups in total. The van der Waals surface area contributed by atoms with Gasteiger partial charge in [0.25, 0.3) is 0 Å². The Morgan fingerprint density at radius 3 is 2.29 bits per heavy atom. The highest BCUT2D eigenvalue weighted by Gasteiger charge is 2.34. The number of sulfonamides is 1. The highest BCUT2D eigenvalue weighted by Crippen LogP contribution is 2.28. The summed E-state index contributed by atoms with van der Waals surface area (Å²) in [5.74, 6) is 0.910. The van der Waals surface area contributed by atoms with E-state index >= 15 is 0 Å². The number of likely N-dealkylation sites (tertiary alicyclic amines) is 1. The second-order valence-electron chi connectivity index (χ2n) is 7.49. The Kier molecular flexibility index (Phi) is 5.27. The van der Waals surface area contributed by atoms with Crippen LogP contribution in [-0.4, -0.2) is 49.8 Å². The summed E-state index contributed by atoms with van der Waals surface area (Å²) in [6.45, 7) is 7.86. The van der Waals surface area contributed by atoms with Gasteiger partial charge in [-0.05, 0) is 49.3 Å². The lowest BCUT2D eigenvalue weighted by Crippen LogP contribution is -2.50. The Balaban J connectivity index is 1.64. The summed E-state index contributed by atoms with van der Waals surface area (Å²) in [4.78, 5) is 2.60. The molecule has 1 aromatic carbocycles. The molecule has 0 spiro atoms. The van der Waals surface area contributed by atoms with Crippen molar-refractivity contribution in [1.82, 2.24) is 9.21 Å². The fourth-order valence-electron chi connectivity index (χ4n) is 4.23. The summed E-state index contributed by atoms with van der Waals surface area (Å²) < 4.78 is 40.2. The number of hydrogen-bond acceptors (Lipinski definition) is 3. The van der Waals surface area contributed by atoms with Crippen molar-refractivity contribution in [2.75, 3.05) is 26.2 Å². The number of hydrogen-bond donors (Lipinski definition) is 0. The first-order valence-electron chi connectivity index (χ1n) is 8.86. The molecule has 0 radical (unpaired) electrons. The summed E-state index contributed by atoms with van der Waals surface area (Å²) in [5, 5.41) is 0. The maximum atomic E-state index is 13.4. The molecule has 0 saturated carbocycles. The average Bonchev–Trinajstić information content (AvgIpc) is 2.54. The lowest BCUT2D eigenvalue weighted by molar-refractivity contribution is 0.0689. The van der Waals surface area contributed by atoms with E-state index < -0.39 is 15.8 Å². The van der Waals surface area contributed by atoms with Crippen LogP contribution in [0.4, 0.5) is 4.39 Å². The minimum Gasteiger partial charge on any atom is -0.300 e. The number of halogens is 1. The quantitative estimate of drug-likeness (QED) is 0.838. The predicted molar refractivity (Wildman–Crippen MR) is 92.7 cm³/mol. The first-order valence-corrected chi connectivity index (χ1v) is 10.3. The van der Waals surface area contributed by atoms with Crippen LogP contribution in [0, 0.1) is 17.7 Å². The van der Waals surface area contributed by atoms with Gasteiger partial charge in [0.15, 0.2) is 0 Å². The molecule has 134 valence electrons. The zero-order valence-electron chi connectivity index (χ0n) is 14.5. The third kappa shape index (κ3) is 3.81. The van der Waals surface area contributed by atoms with Crippen LogP contribution in [0.5, 0.6) is 0 Å². The van der Waals surface area contributed by atoms with Gasteiger partial charge in [-0.3, -0.25) is 4.90 Å². The first kappa shape index (κ1) is 17.8. The van der Waals surface area contributed by atoms with Crippen molar-refractivity contribution >= 4 is 10.0 Å². The van der Waals surface area contributed by atoms with Crippen LogP contribution in [0.3, 0.4) is 0 Å². The fraction of sp³-hybridized carbons (Fsp3) is 0.667. The zero-order chi connectivity index (χ0) is 17.3. The van der Waals surface area contributed by atoms with Crippen molar-refractivity contribution in [3.63, 3.8) is 0 Å². The molecule has 0 amide bonds. The van der Waals surface area contributed by atoms with E-state index in [-0.39, 0.29) is 4.90 Å². The maximum Gasteiger partial charge on any atom is 0.243 e. The highest BCUT2D eigenvalue weighted by atomic mass is 32.2. The van der Waals surface area contributed by atoms with Gasteiger partial charge in [0.05, 0.1) is 4.90 Å². The molecule has 2 aliphatic heterocycles. The summed E-state index contributed by atoms with van der Waals surface area (Å²) >= 11 is 0. The summed E-state index contributed by atoms with van der Waals surface area (Å²) in [6.07, 6.45) is 2.99. The number of rotatable bonds is 3. The van der Waals surface area contributed by atoms with E-state index in [1.807, 2.05) is 0 Å². The van der Waals surface area contributed by atoms with Crippen molar-refractivity contribution in [2.45, 2.75) is 44.0 Å². The maximum absolute atomic E-state index is 13.4. The predicted octanol–water partition coefficient (Wildman–Crippen LogP) is 2.96. The van der Waals surface area contributed by atoms with Gasteiger partial charge in [-0.25, -0.2) is 12.8 Å². The van der Waals surface area contributed by atoms with Crippen molar-refractivity contribution < 1.29 is 12.8 Å². The van der Waals surface area contributed by atoms with E-state index in [0.29, 0.717) is 31.0 Å². The molecule has 1 aromatic rings. The van der Waals surface area contributed by atoms with Crippen molar-refractivity contribution in [1.29, 1.82) is 0 Å². The Hall–Kier alpha value is -0.980. The molecule has 4 nitrogen and oxygen atoms in total. The van der Waals surface area contributed by atoms with E-state index in [2.05, 4.69) is 18.7 Å². The van der Waals surface area contributed by atoms with Gasteiger partial charge >= 0.3 is 0 Å². The van der Waals surface area contributed by atoms with Gasteiger partial charge in [-0.2, -0.15) is 4.31 Å². The highest BCUT2D eigenvalue weighted by molar-refractivity contribution is 7.89. The van der Waals surface area contributed by atoms with Crippen molar-refractivity contribution in [3.8, 4) is 0 Å². The molecule has 2 atom stereocenters. The van der Waals surface area contributed by atoms with Crippen molar-refractivity contribution in [2.24, 2.45) is 11.8 Å². The van der Waals surface area contributed by atoms with E-state index in [0.717, 1.165) is 32.0 Å². The molecule has 2 fully saturated rings. The largest absolute Gasteiger partial charge is 0.300 e. The van der Waals surface area contributed by atoms with Crippen LogP contribution < -0.4 is 0 Å². The standard InChI is InChI=1S/C18H27FN2O2S/c1-14-10-15(2)13-20(12-14)17-6-8-21(9-7-17)24(22,23)18-5-3-4-16(19)11-18/h3-5,11,14-15,17H,6-10,12-13H2,1-2H3. The fourth-order valence-corrected chi connectivity index (χ4v) is 5.74. The van der Waals surface area contributed by atoms with Gasteiger partial charge in [0.2, 0.25) is 10.0 Å². The molecular formula is C18H27FN2O2S. The molecule has 0 bridgehead atoms. The van der Waals surface area contributed by atoms with E-state index in [4.69, 9.17) is 0 Å². The third-order valence-electron chi connectivity index (χ3n) is 5.27. The number of piperidine rings is 2. The Labute approximate surface area is 144 Å². The summed E-state index contributed by atoms with van der Waals surface area (Å²) in [6, 6.07) is 5.76. The normalized spacial score (nSPS) is 28.1. The average molecular weight is 354 g/mol. The molecule has 2 heterocycles. The molecule has 24 heavy (non-hydrogen) atoms. The van der Waals surface area contributed by atoms with E-state index in [9.17, 15) is 12.8 Å². The molecule has 2 saturated heterocycles. The minimum absolute atomic E-state index is 0.0566. The van der Waals surface area contributed by atoms with Gasteiger partial charge < -0.3 is 0 Å². The van der Waals surface area contributed by atoms with Crippen LogP contribution in [-0.2, 0) is 10.0 Å². The number of nitrogens with zero attached hydrogens (tertiary/aromatic N) is 2. The smallest absolute Gasteiger partial charge is 0.243 e. The molecule has 0 aromatic heterocycles. The van der Waals surface area contributed by atoms with Crippen LogP contribution in [0.25, 0.3) is 0 Å². The summed E-state index contributed by atoms with van der Waals surface area (Å²) in [7, 11) is -3.59. The van der Waals surface area contributed by atoms with Crippen LogP contribution in [0.1, 0.15) is 33.1 Å². The monoisotopic (exact) mass is 354 g/mol. The summed E-state index contributed by atoms with van der Waals surface area (Å²) in [5.41, 5.74) is 0. The van der Waals surface area contributed by atoms with Crippen LogP contribution >= 0.6 is 0 Å². The van der Waals surface area contributed by atoms with Gasteiger partial charge in [0.1, 0.15) is 5.82 Å². The van der Waals surface area contributed by atoms with E-state index in [1.54, 1.807) is 0 Å². The van der Waals surface area contributed by atoms with Crippen molar-refractivity contribution in [3.05, 3.63) is 30.1 Å². The lowest BCUT2D eigenvalue weighted by atomic mass is 9.89. The molecule has 3 rings (SSSR count). The number of benzene rings is 1. The molecule has 2 unspecified atom stereocenters. The zero-order valence-corrected chi connectivity index (χ0v) is 15.3. The van der Waals surface area contributed by atoms with E-state index in [1.165, 1.54) is 28.9 Å². The Morgan fingerprint density at radius 2 is 1.71 bits per heavy atom. The lowest BCUT2D eigenvalue weighted by Gasteiger charge is -2.43. The Bertz CT molecular complexity index is 661. The molecule has 6 heteroatoms.